The number of hydrogen-bond donors (Lipinski definition) is 1. The number of nitrogens with zero attached hydrogens (tertiary/aromatic N) is 1. The van der Waals surface area contributed by atoms with Gasteiger partial charge in [0.2, 0.25) is 0 Å². The van der Waals surface area contributed by atoms with E-state index in [0.29, 0.717) is 6.04 Å². The largest absolute Gasteiger partial charge is 0.497 e. The van der Waals surface area contributed by atoms with Gasteiger partial charge in [0.15, 0.2) is 5.13 Å². The van der Waals surface area contributed by atoms with Crippen molar-refractivity contribution in [1.82, 2.24) is 4.98 Å². The van der Waals surface area contributed by atoms with Crippen LogP contribution in [0, 0.1) is 0 Å². The molecule has 0 fully saturated rings. The van der Waals surface area contributed by atoms with Gasteiger partial charge in [-0.15, -0.1) is 11.3 Å². The number of rotatable bonds is 6. The molecule has 0 saturated heterocycles. The Balaban J connectivity index is 1.64. The lowest BCUT2D eigenvalue weighted by Crippen LogP contribution is -2.17. The quantitative estimate of drug-likeness (QED) is 0.703. The molecular formula is C19H20N2OS. The summed E-state index contributed by atoms with van der Waals surface area (Å²) in [6.07, 6.45) is 0.984. The maximum absolute atomic E-state index is 5.19. The summed E-state index contributed by atoms with van der Waals surface area (Å²) in [5.41, 5.74) is 3.43. The molecule has 3 nitrogen and oxygen atoms in total. The molecule has 1 aromatic heterocycles. The molecule has 0 saturated carbocycles. The Bertz CT molecular complexity index is 738. The molecule has 0 radical (unpaired) electrons. The van der Waals surface area contributed by atoms with Crippen molar-refractivity contribution in [3.8, 4) is 17.0 Å². The first kappa shape index (κ1) is 15.6. The highest BCUT2D eigenvalue weighted by atomic mass is 32.1. The number of methoxy groups -OCH3 is 1. The number of aromatic nitrogens is 1. The second-order valence-electron chi connectivity index (χ2n) is 5.50. The van der Waals surface area contributed by atoms with Gasteiger partial charge in [-0.2, -0.15) is 0 Å². The monoisotopic (exact) mass is 324 g/mol. The fourth-order valence-electron chi connectivity index (χ4n) is 2.46. The SMILES string of the molecule is COc1ccc(-c2csc(NC(C)Cc3ccccc3)n2)cc1. The molecule has 1 unspecified atom stereocenters. The summed E-state index contributed by atoms with van der Waals surface area (Å²) >= 11 is 1.64. The molecule has 1 N–H and O–H groups in total. The fourth-order valence-corrected chi connectivity index (χ4v) is 3.30. The number of ether oxygens (including phenoxy) is 1. The number of nitrogens with one attached hydrogen (secondary N) is 1. The summed E-state index contributed by atoms with van der Waals surface area (Å²) in [5.74, 6) is 0.860. The van der Waals surface area contributed by atoms with Gasteiger partial charge in [-0.3, -0.25) is 0 Å². The van der Waals surface area contributed by atoms with Gasteiger partial charge in [-0.1, -0.05) is 30.3 Å². The van der Waals surface area contributed by atoms with Gasteiger partial charge in [0.1, 0.15) is 5.75 Å². The summed E-state index contributed by atoms with van der Waals surface area (Å²) in [4.78, 5) is 4.68. The van der Waals surface area contributed by atoms with Crippen LogP contribution in [-0.2, 0) is 6.42 Å². The minimum Gasteiger partial charge on any atom is -0.497 e. The zero-order valence-electron chi connectivity index (χ0n) is 13.3. The summed E-state index contributed by atoms with van der Waals surface area (Å²) in [6, 6.07) is 18.8. The van der Waals surface area contributed by atoms with E-state index < -0.39 is 0 Å². The predicted octanol–water partition coefficient (Wildman–Crippen LogP) is 4.86. The Labute approximate surface area is 141 Å². The van der Waals surface area contributed by atoms with Crippen LogP contribution in [-0.4, -0.2) is 18.1 Å². The highest BCUT2D eigenvalue weighted by Crippen LogP contribution is 2.27. The molecule has 0 bridgehead atoms. The summed E-state index contributed by atoms with van der Waals surface area (Å²) < 4.78 is 5.19. The number of anilines is 1. The van der Waals surface area contributed by atoms with Crippen LogP contribution in [0.1, 0.15) is 12.5 Å². The summed E-state index contributed by atoms with van der Waals surface area (Å²) in [6.45, 7) is 2.18. The Morgan fingerprint density at radius 2 is 1.83 bits per heavy atom. The van der Waals surface area contributed by atoms with Crippen molar-refractivity contribution in [2.24, 2.45) is 0 Å². The Morgan fingerprint density at radius 1 is 1.09 bits per heavy atom. The topological polar surface area (TPSA) is 34.1 Å². The predicted molar refractivity (Wildman–Crippen MR) is 97.3 cm³/mol. The van der Waals surface area contributed by atoms with Crippen LogP contribution < -0.4 is 10.1 Å². The zero-order chi connectivity index (χ0) is 16.1. The average Bonchev–Trinajstić information content (AvgIpc) is 3.04. The van der Waals surface area contributed by atoms with E-state index in [0.717, 1.165) is 28.6 Å². The second kappa shape index (κ2) is 7.29. The molecule has 0 amide bonds. The van der Waals surface area contributed by atoms with E-state index in [-0.39, 0.29) is 0 Å². The first-order valence-corrected chi connectivity index (χ1v) is 8.53. The van der Waals surface area contributed by atoms with Gasteiger partial charge in [-0.25, -0.2) is 4.98 Å². The van der Waals surface area contributed by atoms with E-state index in [1.807, 2.05) is 30.3 Å². The van der Waals surface area contributed by atoms with E-state index >= 15 is 0 Å². The third-order valence-electron chi connectivity index (χ3n) is 3.64. The van der Waals surface area contributed by atoms with Gasteiger partial charge in [0.25, 0.3) is 0 Å². The van der Waals surface area contributed by atoms with Crippen molar-refractivity contribution in [1.29, 1.82) is 0 Å². The summed E-state index contributed by atoms with van der Waals surface area (Å²) in [5, 5.41) is 6.53. The molecule has 1 heterocycles. The van der Waals surface area contributed by atoms with Crippen molar-refractivity contribution >= 4 is 16.5 Å². The van der Waals surface area contributed by atoms with Crippen LogP contribution in [0.3, 0.4) is 0 Å². The first-order chi connectivity index (χ1) is 11.2. The van der Waals surface area contributed by atoms with E-state index in [1.165, 1.54) is 5.56 Å². The molecule has 0 spiro atoms. The van der Waals surface area contributed by atoms with Crippen molar-refractivity contribution in [3.05, 3.63) is 65.5 Å². The molecule has 3 rings (SSSR count). The normalized spacial score (nSPS) is 11.9. The standard InChI is InChI=1S/C19H20N2OS/c1-14(12-15-6-4-3-5-7-15)20-19-21-18(13-23-19)16-8-10-17(22-2)11-9-16/h3-11,13-14H,12H2,1-2H3,(H,20,21). The minimum atomic E-state index is 0.340. The average molecular weight is 324 g/mol. The highest BCUT2D eigenvalue weighted by Gasteiger charge is 2.08. The lowest BCUT2D eigenvalue weighted by Gasteiger charge is -2.12. The molecule has 3 aromatic rings. The van der Waals surface area contributed by atoms with Crippen LogP contribution in [0.5, 0.6) is 5.75 Å². The Hall–Kier alpha value is -2.33. The van der Waals surface area contributed by atoms with Crippen molar-refractivity contribution in [2.45, 2.75) is 19.4 Å². The van der Waals surface area contributed by atoms with Crippen LogP contribution in [0.2, 0.25) is 0 Å². The fraction of sp³-hybridized carbons (Fsp3) is 0.211. The van der Waals surface area contributed by atoms with Gasteiger partial charge in [-0.05, 0) is 43.2 Å². The lowest BCUT2D eigenvalue weighted by atomic mass is 10.1. The maximum Gasteiger partial charge on any atom is 0.183 e. The van der Waals surface area contributed by atoms with Crippen LogP contribution >= 0.6 is 11.3 Å². The molecule has 0 aliphatic heterocycles. The zero-order valence-corrected chi connectivity index (χ0v) is 14.1. The van der Waals surface area contributed by atoms with Crippen molar-refractivity contribution in [3.63, 3.8) is 0 Å². The van der Waals surface area contributed by atoms with Crippen LogP contribution in [0.15, 0.2) is 60.0 Å². The molecule has 4 heteroatoms. The van der Waals surface area contributed by atoms with E-state index in [1.54, 1.807) is 18.4 Å². The third kappa shape index (κ3) is 4.11. The van der Waals surface area contributed by atoms with Crippen LogP contribution in [0.25, 0.3) is 11.3 Å². The van der Waals surface area contributed by atoms with Gasteiger partial charge >= 0.3 is 0 Å². The maximum atomic E-state index is 5.19. The molecule has 1 atom stereocenters. The highest BCUT2D eigenvalue weighted by molar-refractivity contribution is 7.14. The number of hydrogen-bond acceptors (Lipinski definition) is 4. The van der Waals surface area contributed by atoms with Crippen molar-refractivity contribution < 1.29 is 4.74 Å². The molecule has 23 heavy (non-hydrogen) atoms. The Kier molecular flexibility index (Phi) is 4.93. The second-order valence-corrected chi connectivity index (χ2v) is 6.36. The molecular weight excluding hydrogens is 304 g/mol. The summed E-state index contributed by atoms with van der Waals surface area (Å²) in [7, 11) is 1.67. The Morgan fingerprint density at radius 3 is 2.52 bits per heavy atom. The van der Waals surface area contributed by atoms with E-state index in [2.05, 4.69) is 46.9 Å². The van der Waals surface area contributed by atoms with E-state index in [9.17, 15) is 0 Å². The van der Waals surface area contributed by atoms with Gasteiger partial charge in [0, 0.05) is 17.0 Å². The van der Waals surface area contributed by atoms with Gasteiger partial charge in [0.05, 0.1) is 12.8 Å². The van der Waals surface area contributed by atoms with Crippen molar-refractivity contribution in [2.75, 3.05) is 12.4 Å². The first-order valence-electron chi connectivity index (χ1n) is 7.65. The van der Waals surface area contributed by atoms with Crippen LogP contribution in [0.4, 0.5) is 5.13 Å². The minimum absolute atomic E-state index is 0.340. The molecule has 2 aromatic carbocycles. The number of thiazole rings is 1. The van der Waals surface area contributed by atoms with Gasteiger partial charge < -0.3 is 10.1 Å². The smallest absolute Gasteiger partial charge is 0.183 e. The van der Waals surface area contributed by atoms with E-state index in [4.69, 9.17) is 4.74 Å². The molecule has 118 valence electrons. The molecule has 0 aliphatic rings. The molecule has 0 aliphatic carbocycles. The number of benzene rings is 2. The third-order valence-corrected chi connectivity index (χ3v) is 4.42. The lowest BCUT2D eigenvalue weighted by molar-refractivity contribution is 0.415.